The highest BCUT2D eigenvalue weighted by Gasteiger charge is 2.31. The van der Waals surface area contributed by atoms with Gasteiger partial charge in [0.25, 0.3) is 0 Å². The Morgan fingerprint density at radius 1 is 1.25 bits per heavy atom. The Balaban J connectivity index is 2.13. The summed E-state index contributed by atoms with van der Waals surface area (Å²) in [7, 11) is 0. The molecule has 1 unspecified atom stereocenters. The molecule has 1 atom stereocenters. The van der Waals surface area contributed by atoms with Crippen molar-refractivity contribution in [3.63, 3.8) is 0 Å². The summed E-state index contributed by atoms with van der Waals surface area (Å²) in [6.07, 6.45) is 6.90. The Bertz CT molecular complexity index is 773. The molecule has 5 nitrogen and oxygen atoms in total. The first-order valence-corrected chi connectivity index (χ1v) is 9.73. The SMILES string of the molecule is CC1(C)CC(=C(C#N)C#N)CC(/C=C/c2ccc(N(CCO)CC[OH2+])cc2)C1. The molecule has 1 aliphatic carbocycles. The summed E-state index contributed by atoms with van der Waals surface area (Å²) < 4.78 is 0. The number of allylic oxidation sites excluding steroid dienone is 3. The number of aliphatic hydroxyl groups is 1. The van der Waals surface area contributed by atoms with Crippen LogP contribution in [0.1, 0.15) is 38.7 Å². The van der Waals surface area contributed by atoms with E-state index >= 15 is 0 Å². The third-order valence-electron chi connectivity index (χ3n) is 5.16. The highest BCUT2D eigenvalue weighted by molar-refractivity contribution is 5.56. The standard InChI is InChI=1S/C23H29N3O2/c1-23(2)14-19(13-20(15-23)21(16-24)17-25)4-3-18-5-7-22(8-6-18)26(9-11-27)10-12-28/h3-8,19,27-28H,9-15H2,1-2H3/p+1/b4-3+. The lowest BCUT2D eigenvalue weighted by atomic mass is 9.69. The van der Waals surface area contributed by atoms with E-state index in [2.05, 4.69) is 26.0 Å². The molecule has 1 aromatic carbocycles. The highest BCUT2D eigenvalue weighted by Crippen LogP contribution is 2.43. The molecule has 0 aromatic heterocycles. The summed E-state index contributed by atoms with van der Waals surface area (Å²) in [6, 6.07) is 12.2. The summed E-state index contributed by atoms with van der Waals surface area (Å²) in [6.45, 7) is 5.87. The van der Waals surface area contributed by atoms with E-state index in [1.807, 2.05) is 41.3 Å². The molecular weight excluding hydrogens is 350 g/mol. The molecular formula is C23H30N3O2+. The minimum absolute atomic E-state index is 0.0718. The smallest absolute Gasteiger partial charge is 0.161 e. The summed E-state index contributed by atoms with van der Waals surface area (Å²) in [5.74, 6) is 0.310. The van der Waals surface area contributed by atoms with Crippen LogP contribution in [0.5, 0.6) is 0 Å². The molecule has 1 fully saturated rings. The molecule has 0 amide bonds. The minimum Gasteiger partial charge on any atom is -0.444 e. The van der Waals surface area contributed by atoms with E-state index in [-0.39, 0.29) is 17.6 Å². The zero-order valence-electron chi connectivity index (χ0n) is 16.8. The van der Waals surface area contributed by atoms with Gasteiger partial charge >= 0.3 is 0 Å². The van der Waals surface area contributed by atoms with Gasteiger partial charge in [0.15, 0.2) is 6.61 Å². The van der Waals surface area contributed by atoms with Gasteiger partial charge < -0.3 is 15.1 Å². The van der Waals surface area contributed by atoms with Gasteiger partial charge in [-0.3, -0.25) is 0 Å². The minimum atomic E-state index is 0.0718. The lowest BCUT2D eigenvalue weighted by Gasteiger charge is -2.35. The van der Waals surface area contributed by atoms with Crippen LogP contribution in [0.15, 0.2) is 41.5 Å². The molecule has 0 heterocycles. The van der Waals surface area contributed by atoms with Gasteiger partial charge in [0.05, 0.1) is 13.2 Å². The van der Waals surface area contributed by atoms with E-state index in [4.69, 9.17) is 5.11 Å². The van der Waals surface area contributed by atoms with Crippen molar-refractivity contribution in [1.82, 2.24) is 0 Å². The van der Waals surface area contributed by atoms with Crippen molar-refractivity contribution < 1.29 is 10.2 Å². The maximum atomic E-state index is 9.21. The normalized spacial score (nSPS) is 18.5. The largest absolute Gasteiger partial charge is 0.444 e. The molecule has 0 bridgehead atoms. The number of hydrogen-bond donors (Lipinski definition) is 1. The number of benzene rings is 1. The monoisotopic (exact) mass is 380 g/mol. The molecule has 0 saturated heterocycles. The Hall–Kier alpha value is -2.60. The van der Waals surface area contributed by atoms with Gasteiger partial charge in [0, 0.05) is 12.2 Å². The lowest BCUT2D eigenvalue weighted by molar-refractivity contribution is 0.250. The summed E-state index contributed by atoms with van der Waals surface area (Å²) in [4.78, 5) is 2.01. The Morgan fingerprint density at radius 3 is 2.50 bits per heavy atom. The van der Waals surface area contributed by atoms with Crippen LogP contribution in [-0.2, 0) is 0 Å². The topological polar surface area (TPSA) is 93.9 Å². The number of hydrogen-bond acceptors (Lipinski definition) is 4. The molecule has 1 aromatic rings. The molecule has 1 saturated carbocycles. The van der Waals surface area contributed by atoms with Crippen molar-refractivity contribution in [3.05, 3.63) is 47.1 Å². The van der Waals surface area contributed by atoms with E-state index in [1.165, 1.54) is 0 Å². The lowest BCUT2D eigenvalue weighted by Crippen LogP contribution is -2.29. The molecule has 2 rings (SSSR count). The molecule has 0 spiro atoms. The van der Waals surface area contributed by atoms with Gasteiger partial charge in [-0.2, -0.15) is 10.5 Å². The zero-order chi connectivity index (χ0) is 20.6. The first-order valence-electron chi connectivity index (χ1n) is 9.73. The maximum Gasteiger partial charge on any atom is 0.161 e. The third kappa shape index (κ3) is 5.96. The fraction of sp³-hybridized carbons (Fsp3) is 0.478. The van der Waals surface area contributed by atoms with Crippen LogP contribution in [0.4, 0.5) is 5.69 Å². The number of rotatable bonds is 7. The second-order valence-electron chi connectivity index (χ2n) is 8.12. The van der Waals surface area contributed by atoms with Gasteiger partial charge in [-0.15, -0.1) is 0 Å². The second kappa shape index (κ2) is 10.1. The third-order valence-corrected chi connectivity index (χ3v) is 5.16. The van der Waals surface area contributed by atoms with E-state index in [0.29, 0.717) is 25.6 Å². The van der Waals surface area contributed by atoms with Gasteiger partial charge in [0.1, 0.15) is 17.7 Å². The highest BCUT2D eigenvalue weighted by atomic mass is 16.3. The molecule has 1 aliphatic rings. The second-order valence-corrected chi connectivity index (χ2v) is 8.12. The van der Waals surface area contributed by atoms with Gasteiger partial charge in [-0.1, -0.05) is 38.1 Å². The molecule has 148 valence electrons. The fourth-order valence-corrected chi connectivity index (χ4v) is 4.00. The quantitative estimate of drug-likeness (QED) is 0.579. The molecule has 0 radical (unpaired) electrons. The van der Waals surface area contributed by atoms with E-state index in [1.54, 1.807) is 0 Å². The van der Waals surface area contributed by atoms with Crippen molar-refractivity contribution in [3.8, 4) is 12.1 Å². The summed E-state index contributed by atoms with van der Waals surface area (Å²) >= 11 is 0. The summed E-state index contributed by atoms with van der Waals surface area (Å²) in [5, 5.41) is 35.0. The number of aliphatic hydroxyl groups excluding tert-OH is 1. The van der Waals surface area contributed by atoms with Crippen LogP contribution in [-0.4, -0.2) is 36.5 Å². The van der Waals surface area contributed by atoms with Crippen LogP contribution < -0.4 is 4.90 Å². The van der Waals surface area contributed by atoms with Gasteiger partial charge in [0.2, 0.25) is 0 Å². The van der Waals surface area contributed by atoms with Crippen LogP contribution in [0.25, 0.3) is 6.08 Å². The molecule has 3 N–H and O–H groups in total. The van der Waals surface area contributed by atoms with E-state index in [9.17, 15) is 15.6 Å². The zero-order valence-corrected chi connectivity index (χ0v) is 16.8. The Kier molecular flexibility index (Phi) is 7.81. The van der Waals surface area contributed by atoms with Gasteiger partial charge in [-0.25, -0.2) is 0 Å². The first-order chi connectivity index (χ1) is 13.4. The van der Waals surface area contributed by atoms with Crippen LogP contribution in [0.2, 0.25) is 0 Å². The van der Waals surface area contributed by atoms with E-state index < -0.39 is 0 Å². The van der Waals surface area contributed by atoms with Crippen LogP contribution in [0.3, 0.4) is 0 Å². The fourth-order valence-electron chi connectivity index (χ4n) is 4.00. The van der Waals surface area contributed by atoms with Crippen molar-refractivity contribution in [2.45, 2.75) is 33.1 Å². The number of anilines is 1. The average molecular weight is 381 g/mol. The number of nitrogens with zero attached hydrogens (tertiary/aromatic N) is 3. The Morgan fingerprint density at radius 2 is 1.93 bits per heavy atom. The van der Waals surface area contributed by atoms with Crippen LogP contribution in [0, 0.1) is 34.0 Å². The van der Waals surface area contributed by atoms with Crippen molar-refractivity contribution in [2.24, 2.45) is 11.3 Å². The molecule has 5 heteroatoms. The van der Waals surface area contributed by atoms with Crippen molar-refractivity contribution in [2.75, 3.05) is 31.2 Å². The molecule has 0 aliphatic heterocycles. The van der Waals surface area contributed by atoms with Crippen LogP contribution >= 0.6 is 0 Å². The summed E-state index contributed by atoms with van der Waals surface area (Å²) in [5.41, 5.74) is 3.42. The van der Waals surface area contributed by atoms with Crippen molar-refractivity contribution in [1.29, 1.82) is 10.5 Å². The van der Waals surface area contributed by atoms with Gasteiger partial charge in [-0.05, 0) is 53.9 Å². The average Bonchev–Trinajstić information content (AvgIpc) is 2.66. The van der Waals surface area contributed by atoms with E-state index in [0.717, 1.165) is 36.1 Å². The Labute approximate surface area is 167 Å². The molecule has 28 heavy (non-hydrogen) atoms. The first kappa shape index (κ1) is 21.7. The maximum absolute atomic E-state index is 9.21. The van der Waals surface area contributed by atoms with Crippen molar-refractivity contribution >= 4 is 11.8 Å². The predicted molar refractivity (Wildman–Crippen MR) is 113 cm³/mol. The predicted octanol–water partition coefficient (Wildman–Crippen LogP) is 3.39. The number of nitriles is 2.